The molecule has 0 aliphatic carbocycles. The predicted octanol–water partition coefficient (Wildman–Crippen LogP) is 2.80. The van der Waals surface area contributed by atoms with Gasteiger partial charge in [-0.3, -0.25) is 9.59 Å². The molecule has 5 heteroatoms. The van der Waals surface area contributed by atoms with Crippen LogP contribution < -0.4 is 5.32 Å². The van der Waals surface area contributed by atoms with Crippen molar-refractivity contribution in [1.82, 2.24) is 4.90 Å². The van der Waals surface area contributed by atoms with Crippen LogP contribution in [0.5, 0.6) is 0 Å². The topological polar surface area (TPSA) is 49.4 Å². The second-order valence-electron chi connectivity index (χ2n) is 4.61. The summed E-state index contributed by atoms with van der Waals surface area (Å²) >= 11 is 0. The molecule has 2 amide bonds. The molecule has 1 aromatic carbocycles. The highest BCUT2D eigenvalue weighted by atomic mass is 19.1. The van der Waals surface area contributed by atoms with Crippen LogP contribution in [0.1, 0.15) is 33.1 Å². The fourth-order valence-electron chi connectivity index (χ4n) is 1.89. The first-order valence-corrected chi connectivity index (χ1v) is 6.90. The van der Waals surface area contributed by atoms with Gasteiger partial charge in [0.2, 0.25) is 11.8 Å². The van der Waals surface area contributed by atoms with Crippen molar-refractivity contribution in [3.63, 3.8) is 0 Å². The van der Waals surface area contributed by atoms with Gasteiger partial charge in [0, 0.05) is 18.8 Å². The van der Waals surface area contributed by atoms with Crippen molar-refractivity contribution in [2.24, 2.45) is 0 Å². The molecule has 0 unspecified atom stereocenters. The SMILES string of the molecule is CCCN(CCC)C(=O)CC(=O)Nc1ccc(F)cc1. The summed E-state index contributed by atoms with van der Waals surface area (Å²) in [6.07, 6.45) is 1.55. The molecule has 0 fully saturated rings. The Balaban J connectivity index is 2.51. The van der Waals surface area contributed by atoms with Gasteiger partial charge in [-0.15, -0.1) is 0 Å². The Morgan fingerprint density at radius 1 is 1.10 bits per heavy atom. The maximum atomic E-state index is 12.7. The van der Waals surface area contributed by atoms with E-state index < -0.39 is 0 Å². The second kappa shape index (κ2) is 8.30. The Morgan fingerprint density at radius 2 is 1.65 bits per heavy atom. The van der Waals surface area contributed by atoms with Crippen molar-refractivity contribution in [3.8, 4) is 0 Å². The molecule has 0 bridgehead atoms. The molecular weight excluding hydrogens is 259 g/mol. The van der Waals surface area contributed by atoms with Crippen molar-refractivity contribution in [2.75, 3.05) is 18.4 Å². The van der Waals surface area contributed by atoms with Crippen LogP contribution in [-0.4, -0.2) is 29.8 Å². The monoisotopic (exact) mass is 280 g/mol. The summed E-state index contributed by atoms with van der Waals surface area (Å²) < 4.78 is 12.7. The number of rotatable bonds is 7. The van der Waals surface area contributed by atoms with Gasteiger partial charge in [-0.25, -0.2) is 4.39 Å². The van der Waals surface area contributed by atoms with Crippen molar-refractivity contribution >= 4 is 17.5 Å². The van der Waals surface area contributed by atoms with Crippen molar-refractivity contribution < 1.29 is 14.0 Å². The number of nitrogens with one attached hydrogen (secondary N) is 1. The highest BCUT2D eigenvalue weighted by Crippen LogP contribution is 2.09. The van der Waals surface area contributed by atoms with E-state index >= 15 is 0 Å². The first-order chi connectivity index (χ1) is 9.56. The number of anilines is 1. The summed E-state index contributed by atoms with van der Waals surface area (Å²) in [5.41, 5.74) is 0.488. The maximum Gasteiger partial charge on any atom is 0.233 e. The van der Waals surface area contributed by atoms with E-state index in [0.29, 0.717) is 18.8 Å². The molecule has 1 rings (SSSR count). The largest absolute Gasteiger partial charge is 0.342 e. The van der Waals surface area contributed by atoms with E-state index in [4.69, 9.17) is 0 Å². The third-order valence-electron chi connectivity index (χ3n) is 2.78. The zero-order chi connectivity index (χ0) is 15.0. The quantitative estimate of drug-likeness (QED) is 0.781. The molecule has 0 atom stereocenters. The minimum Gasteiger partial charge on any atom is -0.342 e. The fraction of sp³-hybridized carbons (Fsp3) is 0.467. The van der Waals surface area contributed by atoms with Crippen LogP contribution in [0, 0.1) is 5.82 Å². The van der Waals surface area contributed by atoms with Crippen LogP contribution in [0.2, 0.25) is 0 Å². The number of nitrogens with zero attached hydrogens (tertiary/aromatic N) is 1. The van der Waals surface area contributed by atoms with E-state index in [1.54, 1.807) is 4.90 Å². The van der Waals surface area contributed by atoms with E-state index in [-0.39, 0.29) is 24.1 Å². The first kappa shape index (κ1) is 16.1. The molecule has 0 spiro atoms. The Hall–Kier alpha value is -1.91. The normalized spacial score (nSPS) is 10.2. The lowest BCUT2D eigenvalue weighted by Gasteiger charge is -2.21. The minimum atomic E-state index is -0.376. The second-order valence-corrected chi connectivity index (χ2v) is 4.61. The van der Waals surface area contributed by atoms with E-state index in [0.717, 1.165) is 12.8 Å². The van der Waals surface area contributed by atoms with Gasteiger partial charge in [0.25, 0.3) is 0 Å². The molecule has 1 N–H and O–H groups in total. The Bertz CT molecular complexity index is 440. The van der Waals surface area contributed by atoms with E-state index in [1.165, 1.54) is 24.3 Å². The van der Waals surface area contributed by atoms with Gasteiger partial charge in [0.15, 0.2) is 0 Å². The van der Waals surface area contributed by atoms with Gasteiger partial charge in [-0.2, -0.15) is 0 Å². The Labute approximate surface area is 119 Å². The smallest absolute Gasteiger partial charge is 0.233 e. The highest BCUT2D eigenvalue weighted by Gasteiger charge is 2.16. The van der Waals surface area contributed by atoms with Crippen LogP contribution in [0.15, 0.2) is 24.3 Å². The van der Waals surface area contributed by atoms with Gasteiger partial charge >= 0.3 is 0 Å². The van der Waals surface area contributed by atoms with Gasteiger partial charge < -0.3 is 10.2 Å². The minimum absolute atomic E-state index is 0.173. The van der Waals surface area contributed by atoms with E-state index in [9.17, 15) is 14.0 Å². The lowest BCUT2D eigenvalue weighted by Crippen LogP contribution is -2.35. The molecule has 20 heavy (non-hydrogen) atoms. The van der Waals surface area contributed by atoms with Crippen LogP contribution >= 0.6 is 0 Å². The molecule has 0 saturated heterocycles. The average molecular weight is 280 g/mol. The number of carbonyl (C=O) groups is 2. The molecule has 0 heterocycles. The third kappa shape index (κ3) is 5.38. The molecule has 4 nitrogen and oxygen atoms in total. The summed E-state index contributed by atoms with van der Waals surface area (Å²) in [5.74, 6) is -0.914. The van der Waals surface area contributed by atoms with Crippen molar-refractivity contribution in [3.05, 3.63) is 30.1 Å². The summed E-state index contributed by atoms with van der Waals surface area (Å²) in [6.45, 7) is 5.32. The van der Waals surface area contributed by atoms with Gasteiger partial charge in [-0.1, -0.05) is 13.8 Å². The molecule has 0 radical (unpaired) electrons. The summed E-state index contributed by atoms with van der Waals surface area (Å²) in [4.78, 5) is 25.4. The fourth-order valence-corrected chi connectivity index (χ4v) is 1.89. The lowest BCUT2D eigenvalue weighted by atomic mass is 10.2. The maximum absolute atomic E-state index is 12.7. The molecule has 0 aromatic heterocycles. The zero-order valence-electron chi connectivity index (χ0n) is 12.0. The standard InChI is InChI=1S/C15H21FN2O2/c1-3-9-18(10-4-2)15(20)11-14(19)17-13-7-5-12(16)6-8-13/h5-8H,3-4,9-11H2,1-2H3,(H,17,19). The Morgan fingerprint density at radius 3 is 2.15 bits per heavy atom. The molecule has 0 saturated carbocycles. The molecule has 1 aromatic rings. The Kier molecular flexibility index (Phi) is 6.70. The highest BCUT2D eigenvalue weighted by molar-refractivity contribution is 6.03. The number of carbonyl (C=O) groups excluding carboxylic acids is 2. The zero-order valence-corrected chi connectivity index (χ0v) is 12.0. The first-order valence-electron chi connectivity index (χ1n) is 6.90. The van der Waals surface area contributed by atoms with Crippen LogP contribution in [0.25, 0.3) is 0 Å². The summed E-state index contributed by atoms with van der Waals surface area (Å²) in [6, 6.07) is 5.46. The van der Waals surface area contributed by atoms with Crippen LogP contribution in [0.4, 0.5) is 10.1 Å². The number of hydrogen-bond donors (Lipinski definition) is 1. The van der Waals surface area contributed by atoms with Gasteiger partial charge in [-0.05, 0) is 37.1 Å². The summed E-state index contributed by atoms with van der Waals surface area (Å²) in [7, 11) is 0. The van der Waals surface area contributed by atoms with Crippen LogP contribution in [0.3, 0.4) is 0 Å². The van der Waals surface area contributed by atoms with E-state index in [1.807, 2.05) is 13.8 Å². The molecule has 0 aliphatic rings. The van der Waals surface area contributed by atoms with Crippen LogP contribution in [-0.2, 0) is 9.59 Å². The van der Waals surface area contributed by atoms with E-state index in [2.05, 4.69) is 5.32 Å². The van der Waals surface area contributed by atoms with Crippen molar-refractivity contribution in [1.29, 1.82) is 0 Å². The van der Waals surface area contributed by atoms with Crippen molar-refractivity contribution in [2.45, 2.75) is 33.1 Å². The van der Waals surface area contributed by atoms with Gasteiger partial charge in [0.05, 0.1) is 0 Å². The molecular formula is C15H21FN2O2. The molecule has 0 aliphatic heterocycles. The average Bonchev–Trinajstić information content (AvgIpc) is 2.41. The number of amides is 2. The molecule has 110 valence electrons. The number of halogens is 1. The predicted molar refractivity (Wildman–Crippen MR) is 76.8 cm³/mol. The van der Waals surface area contributed by atoms with Gasteiger partial charge in [0.1, 0.15) is 12.2 Å². The third-order valence-corrected chi connectivity index (χ3v) is 2.78. The summed E-state index contributed by atoms with van der Waals surface area (Å²) in [5, 5.41) is 2.59. The number of benzene rings is 1. The number of hydrogen-bond acceptors (Lipinski definition) is 2. The lowest BCUT2D eigenvalue weighted by molar-refractivity contribution is -0.134.